The van der Waals surface area contributed by atoms with E-state index in [1.54, 1.807) is 0 Å². The second-order valence-corrected chi connectivity index (χ2v) is 12.0. The van der Waals surface area contributed by atoms with Gasteiger partial charge in [-0.2, -0.15) is 0 Å². The molecule has 1 N–H and O–H groups in total. The molecule has 3 aliphatic rings. The first-order chi connectivity index (χ1) is 16.3. The van der Waals surface area contributed by atoms with Crippen LogP contribution >= 0.6 is 0 Å². The Bertz CT molecular complexity index is 999. The zero-order chi connectivity index (χ0) is 25.7. The quantitative estimate of drug-likeness (QED) is 0.625. The summed E-state index contributed by atoms with van der Waals surface area (Å²) < 4.78 is 28.6. The van der Waals surface area contributed by atoms with E-state index >= 15 is 0 Å². The van der Waals surface area contributed by atoms with Crippen molar-refractivity contribution in [2.75, 3.05) is 26.2 Å². The Hall–Kier alpha value is -2.05. The Labute approximate surface area is 208 Å². The lowest BCUT2D eigenvalue weighted by atomic mass is 9.70. The minimum Gasteiger partial charge on any atom is -0.384 e. The van der Waals surface area contributed by atoms with Gasteiger partial charge >= 0.3 is 0 Å². The molecule has 2 fully saturated rings. The number of rotatable bonds is 3. The van der Waals surface area contributed by atoms with Crippen molar-refractivity contribution in [3.63, 3.8) is 0 Å². The summed E-state index contributed by atoms with van der Waals surface area (Å²) in [6.45, 7) is 14.4. The first kappa shape index (κ1) is 26.0. The second-order valence-electron chi connectivity index (χ2n) is 12.0. The van der Waals surface area contributed by atoms with Crippen LogP contribution in [0.4, 0.5) is 8.78 Å². The normalized spacial score (nSPS) is 34.5. The van der Waals surface area contributed by atoms with Gasteiger partial charge in [0.25, 0.3) is 0 Å². The maximum atomic E-state index is 14.9. The molecule has 35 heavy (non-hydrogen) atoms. The van der Waals surface area contributed by atoms with Gasteiger partial charge in [0.1, 0.15) is 11.7 Å². The molecule has 1 amide bonds. The monoisotopic (exact) mass is 486 g/mol. The molecule has 192 valence electrons. The van der Waals surface area contributed by atoms with Gasteiger partial charge in [0.05, 0.1) is 11.5 Å². The molecule has 2 saturated heterocycles. The summed E-state index contributed by atoms with van der Waals surface area (Å²) in [6.07, 6.45) is 2.69. The highest BCUT2D eigenvalue weighted by Gasteiger charge is 2.51. The number of carbonyl (C=O) groups excluding carboxylic acids is 1. The number of hydrogen-bond donors (Lipinski definition) is 1. The third-order valence-electron chi connectivity index (χ3n) is 8.66. The van der Waals surface area contributed by atoms with Crippen LogP contribution < -0.4 is 0 Å². The highest BCUT2D eigenvalue weighted by atomic mass is 19.1. The number of amides is 1. The molecule has 6 heteroatoms. The molecule has 6 atom stereocenters. The molecule has 1 aromatic carbocycles. The van der Waals surface area contributed by atoms with Crippen molar-refractivity contribution in [1.82, 2.24) is 9.80 Å². The van der Waals surface area contributed by atoms with Crippen molar-refractivity contribution in [1.29, 1.82) is 0 Å². The van der Waals surface area contributed by atoms with Crippen LogP contribution in [0.1, 0.15) is 52.2 Å². The summed E-state index contributed by atoms with van der Waals surface area (Å²) >= 11 is 0. The minimum atomic E-state index is -1.02. The Balaban J connectivity index is 1.57. The van der Waals surface area contributed by atoms with Gasteiger partial charge in [0.15, 0.2) is 0 Å². The minimum absolute atomic E-state index is 0.0224. The van der Waals surface area contributed by atoms with Crippen LogP contribution in [0.15, 0.2) is 48.1 Å². The smallest absolute Gasteiger partial charge is 0.227 e. The lowest BCUT2D eigenvalue weighted by Crippen LogP contribution is -2.57. The summed E-state index contributed by atoms with van der Waals surface area (Å²) in [5, 5.41) is 11.8. The van der Waals surface area contributed by atoms with Gasteiger partial charge in [-0.3, -0.25) is 9.69 Å². The molecule has 0 bridgehead atoms. The average Bonchev–Trinajstić information content (AvgIpc) is 3.23. The number of allylic oxidation sites excluding steroid dienone is 4. The summed E-state index contributed by atoms with van der Waals surface area (Å²) in [6, 6.07) is 7.99. The van der Waals surface area contributed by atoms with E-state index in [1.807, 2.05) is 49.9 Å². The zero-order valence-electron chi connectivity index (χ0n) is 21.9. The van der Waals surface area contributed by atoms with Crippen LogP contribution in [0.2, 0.25) is 0 Å². The van der Waals surface area contributed by atoms with E-state index in [1.165, 1.54) is 6.08 Å². The van der Waals surface area contributed by atoms with E-state index < -0.39 is 23.2 Å². The lowest BCUT2D eigenvalue weighted by molar-refractivity contribution is -0.153. The van der Waals surface area contributed by atoms with E-state index in [9.17, 15) is 18.7 Å². The van der Waals surface area contributed by atoms with Gasteiger partial charge in [0.2, 0.25) is 5.91 Å². The second kappa shape index (κ2) is 9.44. The molecular formula is C29H40F2N2O2. The molecule has 1 aromatic rings. The number of aliphatic hydroxyl groups is 1. The van der Waals surface area contributed by atoms with Crippen molar-refractivity contribution in [2.24, 2.45) is 29.6 Å². The van der Waals surface area contributed by atoms with Crippen molar-refractivity contribution < 1.29 is 18.7 Å². The van der Waals surface area contributed by atoms with E-state index in [0.29, 0.717) is 26.2 Å². The fourth-order valence-electron chi connectivity index (χ4n) is 6.38. The average molecular weight is 487 g/mol. The molecule has 0 aromatic heterocycles. The van der Waals surface area contributed by atoms with Crippen LogP contribution in [0.5, 0.6) is 0 Å². The fraction of sp³-hybridized carbons (Fsp3) is 0.621. The highest BCUT2D eigenvalue weighted by molar-refractivity contribution is 5.80. The standard InChI is InChI=1S/C29H40F2N2O2/c1-18-7-9-21(10-8-18)29(35)19(2)14-32(15-20(29)3)27(34)25-17-33(28(4,5)6)16-24(25)23-12-11-22(30)13-26(23)31/h7-11,13,19-20,23-25,35H,12,14-17H2,1-6H3/t19-,20+,23?,24-,25+,29?/m0/s1. The third kappa shape index (κ3) is 4.84. The third-order valence-corrected chi connectivity index (χ3v) is 8.66. The molecule has 0 radical (unpaired) electrons. The summed E-state index contributed by atoms with van der Waals surface area (Å²) in [5.74, 6) is -2.35. The molecule has 4 nitrogen and oxygen atoms in total. The number of benzene rings is 1. The SMILES string of the molecule is Cc1ccc(C2(O)[C@H](C)CN(C(=O)[C@@H]3CN(C(C)(C)C)C[C@H]3C3CC=C(F)C=C3F)C[C@@H]2C)cc1. The van der Waals surface area contributed by atoms with Crippen molar-refractivity contribution in [3.05, 3.63) is 59.2 Å². The lowest BCUT2D eigenvalue weighted by Gasteiger charge is -2.49. The van der Waals surface area contributed by atoms with Crippen molar-refractivity contribution in [3.8, 4) is 0 Å². The summed E-state index contributed by atoms with van der Waals surface area (Å²) in [7, 11) is 0. The Morgan fingerprint density at radius 1 is 1.03 bits per heavy atom. The Morgan fingerprint density at radius 2 is 1.63 bits per heavy atom. The highest BCUT2D eigenvalue weighted by Crippen LogP contribution is 2.45. The van der Waals surface area contributed by atoms with Gasteiger partial charge < -0.3 is 10.0 Å². The van der Waals surface area contributed by atoms with Crippen molar-refractivity contribution in [2.45, 2.75) is 59.1 Å². The number of likely N-dealkylation sites (tertiary alicyclic amines) is 2. The van der Waals surface area contributed by atoms with E-state index in [4.69, 9.17) is 0 Å². The topological polar surface area (TPSA) is 43.8 Å². The van der Waals surface area contributed by atoms with E-state index in [2.05, 4.69) is 25.7 Å². The van der Waals surface area contributed by atoms with Crippen LogP contribution in [0.25, 0.3) is 0 Å². The molecule has 0 spiro atoms. The summed E-state index contributed by atoms with van der Waals surface area (Å²) in [4.78, 5) is 18.1. The molecule has 2 aliphatic heterocycles. The molecule has 2 unspecified atom stereocenters. The van der Waals surface area contributed by atoms with Gasteiger partial charge in [-0.1, -0.05) is 43.7 Å². The Morgan fingerprint density at radius 3 is 2.17 bits per heavy atom. The van der Waals surface area contributed by atoms with E-state index in [0.717, 1.165) is 17.2 Å². The van der Waals surface area contributed by atoms with Crippen LogP contribution in [-0.4, -0.2) is 52.5 Å². The maximum absolute atomic E-state index is 14.9. The van der Waals surface area contributed by atoms with E-state index in [-0.39, 0.29) is 41.5 Å². The summed E-state index contributed by atoms with van der Waals surface area (Å²) in [5.41, 5.74) is 0.852. The van der Waals surface area contributed by atoms with Gasteiger partial charge in [0, 0.05) is 55.5 Å². The van der Waals surface area contributed by atoms with Gasteiger partial charge in [-0.25, -0.2) is 8.78 Å². The van der Waals surface area contributed by atoms with Crippen LogP contribution in [0, 0.1) is 36.5 Å². The molecule has 0 saturated carbocycles. The number of nitrogens with zero attached hydrogens (tertiary/aromatic N) is 2. The first-order valence-electron chi connectivity index (χ1n) is 12.9. The number of carbonyl (C=O) groups is 1. The predicted octanol–water partition coefficient (Wildman–Crippen LogP) is 5.37. The predicted molar refractivity (Wildman–Crippen MR) is 135 cm³/mol. The fourth-order valence-corrected chi connectivity index (χ4v) is 6.38. The number of hydrogen-bond acceptors (Lipinski definition) is 3. The molecule has 1 aliphatic carbocycles. The molecular weight excluding hydrogens is 446 g/mol. The number of aryl methyl sites for hydroxylation is 1. The molecule has 4 rings (SSSR count). The van der Waals surface area contributed by atoms with Crippen molar-refractivity contribution >= 4 is 5.91 Å². The van der Waals surface area contributed by atoms with Crippen LogP contribution in [0.3, 0.4) is 0 Å². The maximum Gasteiger partial charge on any atom is 0.227 e. The number of piperidine rings is 1. The number of halogens is 2. The zero-order valence-corrected chi connectivity index (χ0v) is 21.9. The first-order valence-corrected chi connectivity index (χ1v) is 12.9. The van der Waals surface area contributed by atoms with Gasteiger partial charge in [-0.15, -0.1) is 0 Å². The van der Waals surface area contributed by atoms with Gasteiger partial charge in [-0.05, 0) is 51.7 Å². The van der Waals surface area contributed by atoms with Crippen LogP contribution in [-0.2, 0) is 10.4 Å². The largest absolute Gasteiger partial charge is 0.384 e. The Kier molecular flexibility index (Phi) is 7.02. The molecule has 2 heterocycles.